The first-order valence-electron chi connectivity index (χ1n) is 12.4. The zero-order chi connectivity index (χ0) is 23.6. The van der Waals surface area contributed by atoms with Crippen molar-refractivity contribution in [1.29, 1.82) is 0 Å². The second-order valence-corrected chi connectivity index (χ2v) is 8.37. The van der Waals surface area contributed by atoms with Crippen molar-refractivity contribution >= 4 is 23.0 Å². The van der Waals surface area contributed by atoms with Crippen LogP contribution in [0.3, 0.4) is 0 Å². The van der Waals surface area contributed by atoms with E-state index in [-0.39, 0.29) is 5.91 Å². The van der Waals surface area contributed by atoms with Crippen molar-refractivity contribution in [3.05, 3.63) is 47.9 Å². The summed E-state index contributed by atoms with van der Waals surface area (Å²) in [6.07, 6.45) is 13.0. The SMILES string of the molecule is CC.CC/C=C\c1c(C)c(-c2cc3cccnc3[nH]2)cn1CC(=O)NCCN1CCCCC1. The van der Waals surface area contributed by atoms with Gasteiger partial charge in [-0.1, -0.05) is 33.3 Å². The molecule has 0 atom stereocenters. The third-order valence-corrected chi connectivity index (χ3v) is 6.09. The molecule has 0 unspecified atom stereocenters. The Kier molecular flexibility index (Phi) is 9.31. The van der Waals surface area contributed by atoms with Crippen molar-refractivity contribution in [1.82, 2.24) is 24.8 Å². The van der Waals surface area contributed by atoms with E-state index in [1.54, 1.807) is 6.20 Å². The highest BCUT2D eigenvalue weighted by molar-refractivity contribution is 5.85. The van der Waals surface area contributed by atoms with Crippen molar-refractivity contribution in [2.45, 2.75) is 59.9 Å². The molecule has 1 fully saturated rings. The van der Waals surface area contributed by atoms with Gasteiger partial charge < -0.3 is 19.8 Å². The van der Waals surface area contributed by atoms with Crippen LogP contribution in [-0.4, -0.2) is 51.5 Å². The fraction of sp³-hybridized carbons (Fsp3) is 0.481. The van der Waals surface area contributed by atoms with Crippen molar-refractivity contribution in [2.75, 3.05) is 26.2 Å². The smallest absolute Gasteiger partial charge is 0.239 e. The molecule has 4 heterocycles. The molecule has 0 aliphatic carbocycles. The second-order valence-electron chi connectivity index (χ2n) is 8.37. The van der Waals surface area contributed by atoms with Gasteiger partial charge in [-0.25, -0.2) is 4.98 Å². The summed E-state index contributed by atoms with van der Waals surface area (Å²) in [6.45, 7) is 12.5. The minimum absolute atomic E-state index is 0.0584. The molecule has 2 N–H and O–H groups in total. The molecule has 0 bridgehead atoms. The van der Waals surface area contributed by atoms with Gasteiger partial charge in [0.15, 0.2) is 0 Å². The topological polar surface area (TPSA) is 66.0 Å². The zero-order valence-corrected chi connectivity index (χ0v) is 20.7. The number of hydrogen-bond acceptors (Lipinski definition) is 3. The van der Waals surface area contributed by atoms with Crippen LogP contribution in [0.15, 0.2) is 36.7 Å². The fourth-order valence-corrected chi connectivity index (χ4v) is 4.38. The quantitative estimate of drug-likeness (QED) is 0.484. The predicted molar refractivity (Wildman–Crippen MR) is 138 cm³/mol. The van der Waals surface area contributed by atoms with E-state index in [0.717, 1.165) is 59.6 Å². The number of allylic oxidation sites excluding steroid dienone is 1. The number of H-pyrrole nitrogens is 1. The lowest BCUT2D eigenvalue weighted by molar-refractivity contribution is -0.121. The highest BCUT2D eigenvalue weighted by atomic mass is 16.1. The Hall–Kier alpha value is -2.86. The number of rotatable bonds is 8. The summed E-state index contributed by atoms with van der Waals surface area (Å²) in [4.78, 5) is 23.0. The molecule has 4 rings (SSSR count). The van der Waals surface area contributed by atoms with Crippen molar-refractivity contribution < 1.29 is 4.79 Å². The Morgan fingerprint density at radius 1 is 1.24 bits per heavy atom. The Morgan fingerprint density at radius 3 is 2.76 bits per heavy atom. The third-order valence-electron chi connectivity index (χ3n) is 6.09. The van der Waals surface area contributed by atoms with Crippen molar-refractivity contribution in [2.24, 2.45) is 0 Å². The van der Waals surface area contributed by atoms with Crippen LogP contribution in [0, 0.1) is 6.92 Å². The van der Waals surface area contributed by atoms with Crippen LogP contribution in [0.1, 0.15) is 57.7 Å². The normalized spacial score (nSPS) is 14.4. The van der Waals surface area contributed by atoms with Gasteiger partial charge in [-0.2, -0.15) is 0 Å². The first kappa shape index (κ1) is 24.8. The predicted octanol–water partition coefficient (Wildman–Crippen LogP) is 5.39. The molecule has 3 aromatic heterocycles. The number of aromatic nitrogens is 3. The molecule has 0 aromatic carbocycles. The summed E-state index contributed by atoms with van der Waals surface area (Å²) >= 11 is 0. The number of carbonyl (C=O) groups excluding carboxylic acids is 1. The fourth-order valence-electron chi connectivity index (χ4n) is 4.38. The Morgan fingerprint density at radius 2 is 2.03 bits per heavy atom. The number of aromatic amines is 1. The molecule has 1 aliphatic heterocycles. The lowest BCUT2D eigenvalue weighted by Gasteiger charge is -2.26. The van der Waals surface area contributed by atoms with E-state index in [4.69, 9.17) is 0 Å². The van der Waals surface area contributed by atoms with Crippen LogP contribution in [0.2, 0.25) is 0 Å². The summed E-state index contributed by atoms with van der Waals surface area (Å²) < 4.78 is 2.06. The molecule has 0 saturated carbocycles. The summed E-state index contributed by atoms with van der Waals surface area (Å²) in [7, 11) is 0. The number of likely N-dealkylation sites (tertiary alicyclic amines) is 1. The van der Waals surface area contributed by atoms with E-state index < -0.39 is 0 Å². The Bertz CT molecular complexity index is 1020. The van der Waals surface area contributed by atoms with Crippen molar-refractivity contribution in [3.8, 4) is 11.3 Å². The lowest BCUT2D eigenvalue weighted by atomic mass is 10.1. The van der Waals surface area contributed by atoms with E-state index in [0.29, 0.717) is 13.1 Å². The van der Waals surface area contributed by atoms with E-state index in [9.17, 15) is 4.79 Å². The van der Waals surface area contributed by atoms with E-state index >= 15 is 0 Å². The monoisotopic (exact) mass is 449 g/mol. The Balaban J connectivity index is 0.00000149. The van der Waals surface area contributed by atoms with Gasteiger partial charge in [0.2, 0.25) is 5.91 Å². The summed E-state index contributed by atoms with van der Waals surface area (Å²) in [6, 6.07) is 6.13. The first-order valence-corrected chi connectivity index (χ1v) is 12.4. The summed E-state index contributed by atoms with van der Waals surface area (Å²) in [5.41, 5.74) is 5.26. The minimum Gasteiger partial charge on any atom is -0.353 e. The molecule has 6 nitrogen and oxygen atoms in total. The molecule has 1 amide bonds. The maximum atomic E-state index is 12.7. The van der Waals surface area contributed by atoms with Crippen LogP contribution < -0.4 is 5.32 Å². The second kappa shape index (κ2) is 12.4. The molecule has 178 valence electrons. The van der Waals surface area contributed by atoms with Crippen LogP contribution in [0.5, 0.6) is 0 Å². The maximum absolute atomic E-state index is 12.7. The van der Waals surface area contributed by atoms with Gasteiger partial charge in [0.25, 0.3) is 0 Å². The molecule has 33 heavy (non-hydrogen) atoms. The molecular weight excluding hydrogens is 410 g/mol. The standard InChI is InChI=1S/C25H33N5O.C2H6/c1-3-4-10-23-19(2)21(22-16-20-9-8-11-27-25(20)28-22)17-30(23)18-24(31)26-12-15-29-13-6-5-7-14-29;1-2/h4,8-11,16-17H,3,5-7,12-15,18H2,1-2H3,(H,26,31)(H,27,28);1-2H3/b10-4-;. The number of piperidine rings is 1. The van der Waals surface area contributed by atoms with Crippen LogP contribution >= 0.6 is 0 Å². The van der Waals surface area contributed by atoms with Gasteiger partial charge in [0, 0.05) is 47.8 Å². The van der Waals surface area contributed by atoms with Crippen LogP contribution in [0.4, 0.5) is 0 Å². The molecular formula is C27H39N5O. The van der Waals surface area contributed by atoms with Gasteiger partial charge in [0.1, 0.15) is 12.2 Å². The third kappa shape index (κ3) is 6.35. The first-order chi connectivity index (χ1) is 16.2. The number of amides is 1. The van der Waals surface area contributed by atoms with Gasteiger partial charge in [0.05, 0.1) is 0 Å². The maximum Gasteiger partial charge on any atom is 0.239 e. The van der Waals surface area contributed by atoms with Gasteiger partial charge >= 0.3 is 0 Å². The molecule has 3 aromatic rings. The average Bonchev–Trinajstić information content (AvgIpc) is 3.40. The van der Waals surface area contributed by atoms with E-state index in [2.05, 4.69) is 69.1 Å². The van der Waals surface area contributed by atoms with E-state index in [1.807, 2.05) is 19.9 Å². The van der Waals surface area contributed by atoms with Gasteiger partial charge in [-0.15, -0.1) is 0 Å². The number of fused-ring (bicyclic) bond motifs is 1. The lowest BCUT2D eigenvalue weighted by Crippen LogP contribution is -2.38. The largest absolute Gasteiger partial charge is 0.353 e. The summed E-state index contributed by atoms with van der Waals surface area (Å²) in [5.74, 6) is 0.0584. The highest BCUT2D eigenvalue weighted by Crippen LogP contribution is 2.30. The van der Waals surface area contributed by atoms with Crippen LogP contribution in [-0.2, 0) is 11.3 Å². The molecule has 1 aliphatic rings. The van der Waals surface area contributed by atoms with Gasteiger partial charge in [-0.05, 0) is 69.1 Å². The summed E-state index contributed by atoms with van der Waals surface area (Å²) in [5, 5.41) is 4.20. The minimum atomic E-state index is 0.0584. The number of nitrogens with zero attached hydrogens (tertiary/aromatic N) is 3. The van der Waals surface area contributed by atoms with Crippen LogP contribution in [0.25, 0.3) is 28.4 Å². The number of hydrogen-bond donors (Lipinski definition) is 2. The number of carbonyl (C=O) groups is 1. The number of nitrogens with one attached hydrogen (secondary N) is 2. The van der Waals surface area contributed by atoms with Gasteiger partial charge in [-0.3, -0.25) is 4.79 Å². The zero-order valence-electron chi connectivity index (χ0n) is 20.7. The molecule has 6 heteroatoms. The molecule has 0 radical (unpaired) electrons. The average molecular weight is 450 g/mol. The number of pyridine rings is 1. The highest BCUT2D eigenvalue weighted by Gasteiger charge is 2.16. The Labute approximate surface area is 198 Å². The molecule has 0 spiro atoms. The molecule has 1 saturated heterocycles. The van der Waals surface area contributed by atoms with Crippen molar-refractivity contribution in [3.63, 3.8) is 0 Å². The van der Waals surface area contributed by atoms with E-state index in [1.165, 1.54) is 19.3 Å².